The minimum atomic E-state index is -0.655. The first kappa shape index (κ1) is 64.4. The molecule has 65 heavy (non-hydrogen) atoms. The van der Waals surface area contributed by atoms with Gasteiger partial charge >= 0.3 is 0 Å². The zero-order valence-electron chi connectivity index (χ0n) is 45.1. The molecule has 4 heteroatoms. The highest BCUT2D eigenvalue weighted by Gasteiger charge is 2.20. The van der Waals surface area contributed by atoms with Crippen LogP contribution in [0.1, 0.15) is 367 Å². The second-order valence-electron chi connectivity index (χ2n) is 21.5. The van der Waals surface area contributed by atoms with Gasteiger partial charge in [-0.05, 0) is 12.8 Å². The van der Waals surface area contributed by atoms with Gasteiger partial charge in [0.1, 0.15) is 0 Å². The summed E-state index contributed by atoms with van der Waals surface area (Å²) in [5.41, 5.74) is 0. The lowest BCUT2D eigenvalue weighted by Crippen LogP contribution is -2.45. The fraction of sp³-hybridized carbons (Fsp3) is 0.984. The lowest BCUT2D eigenvalue weighted by Gasteiger charge is -2.22. The Kier molecular flexibility index (Phi) is 57.2. The van der Waals surface area contributed by atoms with Crippen molar-refractivity contribution in [2.75, 3.05) is 6.61 Å². The number of rotatable bonds is 58. The zero-order valence-corrected chi connectivity index (χ0v) is 45.1. The number of amides is 1. The average Bonchev–Trinajstić information content (AvgIpc) is 3.31. The van der Waals surface area contributed by atoms with Crippen LogP contribution in [0.4, 0.5) is 0 Å². The Morgan fingerprint density at radius 2 is 0.492 bits per heavy atom. The van der Waals surface area contributed by atoms with Crippen LogP contribution in [0.3, 0.4) is 0 Å². The maximum Gasteiger partial charge on any atom is 0.220 e. The van der Waals surface area contributed by atoms with Gasteiger partial charge in [0.2, 0.25) is 5.91 Å². The first-order valence-corrected chi connectivity index (χ1v) is 30.7. The Balaban J connectivity index is 3.37. The van der Waals surface area contributed by atoms with Crippen molar-refractivity contribution in [3.8, 4) is 0 Å². The van der Waals surface area contributed by atoms with Crippen molar-refractivity contribution < 1.29 is 15.0 Å². The molecule has 0 spiro atoms. The van der Waals surface area contributed by atoms with E-state index in [-0.39, 0.29) is 12.5 Å². The van der Waals surface area contributed by atoms with Gasteiger partial charge in [0.05, 0.1) is 18.8 Å². The molecule has 0 saturated carbocycles. The van der Waals surface area contributed by atoms with E-state index >= 15 is 0 Å². The first-order valence-electron chi connectivity index (χ1n) is 30.7. The van der Waals surface area contributed by atoms with E-state index in [0.29, 0.717) is 12.8 Å². The van der Waals surface area contributed by atoms with Gasteiger partial charge in [0.25, 0.3) is 0 Å². The highest BCUT2D eigenvalue weighted by molar-refractivity contribution is 5.76. The smallest absolute Gasteiger partial charge is 0.220 e. The number of aliphatic hydroxyl groups is 2. The minimum Gasteiger partial charge on any atom is -0.394 e. The molecule has 0 aromatic rings. The van der Waals surface area contributed by atoms with E-state index in [1.165, 1.54) is 315 Å². The molecule has 0 radical (unpaired) electrons. The van der Waals surface area contributed by atoms with Gasteiger partial charge in [0.15, 0.2) is 0 Å². The molecule has 2 unspecified atom stereocenters. The van der Waals surface area contributed by atoms with Crippen LogP contribution in [0.25, 0.3) is 0 Å². The Morgan fingerprint density at radius 1 is 0.308 bits per heavy atom. The van der Waals surface area contributed by atoms with Gasteiger partial charge in [-0.1, -0.05) is 348 Å². The first-order chi connectivity index (χ1) is 32.2. The van der Waals surface area contributed by atoms with Gasteiger partial charge in [-0.2, -0.15) is 0 Å². The second kappa shape index (κ2) is 57.7. The summed E-state index contributed by atoms with van der Waals surface area (Å²) in [6, 6.07) is -0.532. The largest absolute Gasteiger partial charge is 0.394 e. The summed E-state index contributed by atoms with van der Waals surface area (Å²) in [4.78, 5) is 12.5. The van der Waals surface area contributed by atoms with Crippen LogP contribution in [-0.2, 0) is 4.79 Å². The fourth-order valence-electron chi connectivity index (χ4n) is 10.2. The van der Waals surface area contributed by atoms with E-state index in [2.05, 4.69) is 19.2 Å². The Hall–Kier alpha value is -0.610. The number of nitrogens with one attached hydrogen (secondary N) is 1. The van der Waals surface area contributed by atoms with Crippen LogP contribution in [-0.4, -0.2) is 34.9 Å². The van der Waals surface area contributed by atoms with Crippen molar-refractivity contribution in [2.45, 2.75) is 379 Å². The van der Waals surface area contributed by atoms with Crippen molar-refractivity contribution >= 4 is 5.91 Å². The minimum absolute atomic E-state index is 0.0213. The number of carbonyl (C=O) groups excluding carboxylic acids is 1. The summed E-state index contributed by atoms with van der Waals surface area (Å²) >= 11 is 0. The van der Waals surface area contributed by atoms with Crippen molar-refractivity contribution in [1.82, 2.24) is 5.32 Å². The van der Waals surface area contributed by atoms with E-state index < -0.39 is 12.1 Å². The Bertz CT molecular complexity index is 864. The summed E-state index contributed by atoms with van der Waals surface area (Å²) in [7, 11) is 0. The molecule has 390 valence electrons. The van der Waals surface area contributed by atoms with Gasteiger partial charge in [-0.3, -0.25) is 4.79 Å². The highest BCUT2D eigenvalue weighted by atomic mass is 16.3. The van der Waals surface area contributed by atoms with Gasteiger partial charge in [-0.15, -0.1) is 0 Å². The van der Waals surface area contributed by atoms with Gasteiger partial charge < -0.3 is 15.5 Å². The van der Waals surface area contributed by atoms with Gasteiger partial charge in [0, 0.05) is 6.42 Å². The van der Waals surface area contributed by atoms with Gasteiger partial charge in [-0.25, -0.2) is 0 Å². The standard InChI is InChI=1S/C61H123NO3/c1-3-5-7-9-11-13-15-17-19-21-23-25-26-27-28-29-30-31-32-33-34-35-37-38-40-42-44-46-48-50-52-54-56-60(64)59(58-63)62-61(65)57-55-53-51-49-47-45-43-41-39-36-24-22-20-18-16-14-12-10-8-6-4-2/h59-60,63-64H,3-58H2,1-2H3,(H,62,65). The van der Waals surface area contributed by atoms with Crippen LogP contribution in [0.15, 0.2) is 0 Å². The van der Waals surface area contributed by atoms with Crippen molar-refractivity contribution in [3.05, 3.63) is 0 Å². The van der Waals surface area contributed by atoms with Crippen LogP contribution in [0, 0.1) is 0 Å². The van der Waals surface area contributed by atoms with Crippen molar-refractivity contribution in [2.24, 2.45) is 0 Å². The summed E-state index contributed by atoms with van der Waals surface area (Å²) in [5.74, 6) is -0.0213. The summed E-state index contributed by atoms with van der Waals surface area (Å²) in [5, 5.41) is 23.4. The van der Waals surface area contributed by atoms with Crippen molar-refractivity contribution in [1.29, 1.82) is 0 Å². The summed E-state index contributed by atoms with van der Waals surface area (Å²) < 4.78 is 0. The van der Waals surface area contributed by atoms with E-state index in [1.807, 2.05) is 0 Å². The van der Waals surface area contributed by atoms with Crippen LogP contribution >= 0.6 is 0 Å². The van der Waals surface area contributed by atoms with Crippen LogP contribution < -0.4 is 5.32 Å². The molecule has 0 aliphatic heterocycles. The monoisotopic (exact) mass is 918 g/mol. The predicted octanol–water partition coefficient (Wildman–Crippen LogP) is 20.3. The second-order valence-corrected chi connectivity index (χ2v) is 21.5. The number of unbranched alkanes of at least 4 members (excludes halogenated alkanes) is 51. The van der Waals surface area contributed by atoms with E-state index in [0.717, 1.165) is 25.7 Å². The lowest BCUT2D eigenvalue weighted by molar-refractivity contribution is -0.123. The third-order valence-electron chi connectivity index (χ3n) is 14.9. The molecule has 4 nitrogen and oxygen atoms in total. The quantitative estimate of drug-likeness (QED) is 0.0533. The number of hydrogen-bond acceptors (Lipinski definition) is 3. The molecule has 3 N–H and O–H groups in total. The molecule has 2 atom stereocenters. The summed E-state index contributed by atoms with van der Waals surface area (Å²) in [6.45, 7) is 4.41. The van der Waals surface area contributed by atoms with E-state index in [9.17, 15) is 15.0 Å². The third-order valence-corrected chi connectivity index (χ3v) is 14.9. The maximum atomic E-state index is 12.5. The van der Waals surface area contributed by atoms with Crippen LogP contribution in [0.5, 0.6) is 0 Å². The molecule has 0 aromatic carbocycles. The SMILES string of the molecule is CCCCCCCCCCCCCCCCCCCCCCCCCCCCCCCCCCC(O)C(CO)NC(=O)CCCCCCCCCCCCCCCCCCCCCCC. The van der Waals surface area contributed by atoms with Crippen molar-refractivity contribution in [3.63, 3.8) is 0 Å². The molecule has 0 fully saturated rings. The molecule has 0 rings (SSSR count). The Labute approximate surface area is 410 Å². The molecule has 0 aliphatic rings. The third kappa shape index (κ3) is 54.2. The number of carbonyl (C=O) groups is 1. The zero-order chi connectivity index (χ0) is 47.0. The number of aliphatic hydroxyl groups excluding tert-OH is 2. The normalized spacial score (nSPS) is 12.6. The molecule has 0 aromatic heterocycles. The lowest BCUT2D eigenvalue weighted by atomic mass is 10.0. The molecule has 0 saturated heterocycles. The Morgan fingerprint density at radius 3 is 0.692 bits per heavy atom. The molecule has 0 bridgehead atoms. The molecular weight excluding hydrogens is 795 g/mol. The van der Waals surface area contributed by atoms with E-state index in [4.69, 9.17) is 0 Å². The van der Waals surface area contributed by atoms with Crippen LogP contribution in [0.2, 0.25) is 0 Å². The molecular formula is C61H123NO3. The average molecular weight is 919 g/mol. The molecule has 0 heterocycles. The number of hydrogen-bond donors (Lipinski definition) is 3. The fourth-order valence-corrected chi connectivity index (χ4v) is 10.2. The predicted molar refractivity (Wildman–Crippen MR) is 290 cm³/mol. The maximum absolute atomic E-state index is 12.5. The molecule has 1 amide bonds. The molecule has 0 aliphatic carbocycles. The topological polar surface area (TPSA) is 69.6 Å². The highest BCUT2D eigenvalue weighted by Crippen LogP contribution is 2.19. The summed E-state index contributed by atoms with van der Waals surface area (Å²) in [6.07, 6.45) is 74.1. The van der Waals surface area contributed by atoms with E-state index in [1.54, 1.807) is 0 Å².